The first-order valence-corrected chi connectivity index (χ1v) is 6.34. The van der Waals surface area contributed by atoms with Gasteiger partial charge in [0.2, 0.25) is 0 Å². The topological polar surface area (TPSA) is 17.8 Å². The van der Waals surface area contributed by atoms with Gasteiger partial charge in [-0.05, 0) is 18.2 Å². The van der Waals surface area contributed by atoms with Crippen molar-refractivity contribution in [3.8, 4) is 16.8 Å². The average Bonchev–Trinajstić information content (AvgIpc) is 2.82. The van der Waals surface area contributed by atoms with Crippen molar-refractivity contribution in [1.82, 2.24) is 9.78 Å². The zero-order valence-electron chi connectivity index (χ0n) is 11.4. The van der Waals surface area contributed by atoms with Crippen molar-refractivity contribution in [3.63, 3.8) is 0 Å². The quantitative estimate of drug-likeness (QED) is 0.550. The van der Waals surface area contributed by atoms with Crippen LogP contribution in [0.4, 0.5) is 0 Å². The maximum Gasteiger partial charge on any atom is 0.0675 e. The molecule has 0 N–H and O–H groups in total. The second-order valence-corrected chi connectivity index (χ2v) is 4.69. The van der Waals surface area contributed by atoms with Crippen LogP contribution in [0.25, 0.3) is 16.8 Å². The molecule has 0 bridgehead atoms. The van der Waals surface area contributed by atoms with Crippen LogP contribution in [0, 0.1) is 19.9 Å². The van der Waals surface area contributed by atoms with Crippen LogP contribution in [0.5, 0.6) is 0 Å². The number of aromatic nitrogens is 2. The second kappa shape index (κ2) is 6.19. The monoisotopic (exact) mass is 442 g/mol. The fraction of sp³-hybridized carbons (Fsp3) is 0.118. The van der Waals surface area contributed by atoms with E-state index in [-0.39, 0.29) is 21.1 Å². The molecule has 1 aromatic heterocycles. The van der Waals surface area contributed by atoms with Crippen molar-refractivity contribution in [2.75, 3.05) is 0 Å². The maximum atomic E-state index is 4.58. The molecule has 3 heteroatoms. The van der Waals surface area contributed by atoms with Crippen LogP contribution >= 0.6 is 0 Å². The summed E-state index contributed by atoms with van der Waals surface area (Å²) in [4.78, 5) is 0. The molecule has 0 aliphatic carbocycles. The Morgan fingerprint density at radius 2 is 1.80 bits per heavy atom. The summed E-state index contributed by atoms with van der Waals surface area (Å²) in [6.45, 7) is 4.11. The van der Waals surface area contributed by atoms with E-state index >= 15 is 0 Å². The first-order chi connectivity index (χ1) is 9.24. The van der Waals surface area contributed by atoms with E-state index in [0.717, 1.165) is 16.9 Å². The molecule has 104 valence electrons. The van der Waals surface area contributed by atoms with Crippen molar-refractivity contribution in [3.05, 3.63) is 72.1 Å². The Morgan fingerprint density at radius 3 is 2.50 bits per heavy atom. The second-order valence-electron chi connectivity index (χ2n) is 4.69. The fourth-order valence-corrected chi connectivity index (χ4v) is 2.18. The number of nitrogens with zero attached hydrogens (tertiary/aromatic N) is 2. The Balaban J connectivity index is 0.00000147. The summed E-state index contributed by atoms with van der Waals surface area (Å²) >= 11 is 0. The van der Waals surface area contributed by atoms with E-state index in [1.807, 2.05) is 41.9 Å². The zero-order chi connectivity index (χ0) is 13.2. The molecule has 0 aliphatic heterocycles. The minimum atomic E-state index is 0. The van der Waals surface area contributed by atoms with E-state index in [1.165, 1.54) is 11.1 Å². The largest absolute Gasteiger partial charge is 0.265 e. The third-order valence-electron chi connectivity index (χ3n) is 3.17. The summed E-state index contributed by atoms with van der Waals surface area (Å²) in [6, 6.07) is 19.6. The third-order valence-corrected chi connectivity index (χ3v) is 3.17. The number of rotatable bonds is 2. The van der Waals surface area contributed by atoms with Gasteiger partial charge in [-0.2, -0.15) is 28.9 Å². The van der Waals surface area contributed by atoms with Crippen LogP contribution in [0.2, 0.25) is 0 Å². The van der Waals surface area contributed by atoms with Gasteiger partial charge in [-0.1, -0.05) is 37.3 Å². The Hall–Kier alpha value is -1.66. The van der Waals surface area contributed by atoms with Crippen LogP contribution in [-0.4, -0.2) is 9.78 Å². The van der Waals surface area contributed by atoms with E-state index < -0.39 is 0 Å². The third kappa shape index (κ3) is 2.91. The van der Waals surface area contributed by atoms with Gasteiger partial charge in [-0.25, -0.2) is 0 Å². The summed E-state index contributed by atoms with van der Waals surface area (Å²) < 4.78 is 1.89. The van der Waals surface area contributed by atoms with Gasteiger partial charge in [0.25, 0.3) is 0 Å². The molecule has 0 saturated carbocycles. The number of benzene rings is 2. The minimum Gasteiger partial charge on any atom is -0.265 e. The van der Waals surface area contributed by atoms with Crippen molar-refractivity contribution >= 4 is 0 Å². The van der Waals surface area contributed by atoms with Gasteiger partial charge in [0.05, 0.1) is 5.69 Å². The van der Waals surface area contributed by atoms with Crippen LogP contribution in [0.15, 0.2) is 54.7 Å². The van der Waals surface area contributed by atoms with Crippen LogP contribution < -0.4 is 0 Å². The Labute approximate surface area is 133 Å². The molecule has 0 saturated heterocycles. The summed E-state index contributed by atoms with van der Waals surface area (Å²) in [6.07, 6.45) is 2.07. The molecule has 0 amide bonds. The average molecular weight is 442 g/mol. The molecular formula is C17H15N2Pt-. The maximum absolute atomic E-state index is 4.58. The number of hydrogen-bond acceptors (Lipinski definition) is 1. The Kier molecular flexibility index (Phi) is 4.56. The molecular weight excluding hydrogens is 427 g/mol. The van der Waals surface area contributed by atoms with E-state index in [4.69, 9.17) is 0 Å². The molecule has 0 aliphatic rings. The molecule has 0 radical (unpaired) electrons. The van der Waals surface area contributed by atoms with Crippen molar-refractivity contribution in [2.45, 2.75) is 13.8 Å². The van der Waals surface area contributed by atoms with Gasteiger partial charge in [0.1, 0.15) is 0 Å². The first kappa shape index (κ1) is 14.7. The van der Waals surface area contributed by atoms with Crippen LogP contribution in [0.1, 0.15) is 11.3 Å². The van der Waals surface area contributed by atoms with E-state index in [1.54, 1.807) is 0 Å². The van der Waals surface area contributed by atoms with Crippen LogP contribution in [0.3, 0.4) is 0 Å². The van der Waals surface area contributed by atoms with Crippen molar-refractivity contribution in [2.24, 2.45) is 0 Å². The SMILES string of the molecule is Cc1cc[c-]c(-n2cc(-c3ccccc3)c(C)n2)c1.[Pt]. The molecule has 20 heavy (non-hydrogen) atoms. The molecule has 3 rings (SSSR count). The molecule has 1 heterocycles. The molecule has 0 unspecified atom stereocenters. The molecule has 2 aromatic carbocycles. The molecule has 3 aromatic rings. The Bertz CT molecular complexity index is 702. The predicted molar refractivity (Wildman–Crippen MR) is 77.3 cm³/mol. The van der Waals surface area contributed by atoms with Crippen molar-refractivity contribution < 1.29 is 21.1 Å². The standard InChI is InChI=1S/C17H15N2.Pt/c1-13-7-6-10-16(11-13)19-12-17(14(2)18-19)15-8-4-3-5-9-15;/h3-9,11-12H,1-2H3;/q-1;. The normalized spacial score (nSPS) is 10.1. The summed E-state index contributed by atoms with van der Waals surface area (Å²) in [5.74, 6) is 0. The van der Waals surface area contributed by atoms with Gasteiger partial charge in [-0.15, -0.1) is 6.07 Å². The van der Waals surface area contributed by atoms with Gasteiger partial charge in [0, 0.05) is 32.8 Å². The Morgan fingerprint density at radius 1 is 1.05 bits per heavy atom. The molecule has 0 fully saturated rings. The first-order valence-electron chi connectivity index (χ1n) is 6.34. The summed E-state index contributed by atoms with van der Waals surface area (Å²) in [5.41, 5.74) is 5.57. The zero-order valence-corrected chi connectivity index (χ0v) is 13.7. The fourth-order valence-electron chi connectivity index (χ4n) is 2.18. The van der Waals surface area contributed by atoms with Gasteiger partial charge in [-0.3, -0.25) is 4.68 Å². The number of aryl methyl sites for hydroxylation is 2. The molecule has 2 nitrogen and oxygen atoms in total. The minimum absolute atomic E-state index is 0. The van der Waals surface area contributed by atoms with E-state index in [2.05, 4.69) is 42.5 Å². The van der Waals surface area contributed by atoms with Gasteiger partial charge < -0.3 is 0 Å². The number of hydrogen-bond donors (Lipinski definition) is 0. The van der Waals surface area contributed by atoms with E-state index in [9.17, 15) is 0 Å². The predicted octanol–water partition coefficient (Wildman–Crippen LogP) is 3.95. The molecule has 0 spiro atoms. The van der Waals surface area contributed by atoms with E-state index in [0.29, 0.717) is 0 Å². The van der Waals surface area contributed by atoms with Crippen molar-refractivity contribution in [1.29, 1.82) is 0 Å². The van der Waals surface area contributed by atoms with Crippen LogP contribution in [-0.2, 0) is 21.1 Å². The summed E-state index contributed by atoms with van der Waals surface area (Å²) in [5, 5.41) is 4.58. The van der Waals surface area contributed by atoms with Gasteiger partial charge >= 0.3 is 0 Å². The molecule has 0 atom stereocenters. The summed E-state index contributed by atoms with van der Waals surface area (Å²) in [7, 11) is 0. The smallest absolute Gasteiger partial charge is 0.0675 e. The van der Waals surface area contributed by atoms with Gasteiger partial charge in [0.15, 0.2) is 0 Å².